The molecule has 0 atom stereocenters. The van der Waals surface area contributed by atoms with Gasteiger partial charge in [-0.2, -0.15) is 0 Å². The number of amides is 1. The topological polar surface area (TPSA) is 64.0 Å². The SMILES string of the molecule is O=C(Cn1cnc2scc(-c3cccs3)c2c1=O)Nc1ccc(Cl)c(Cl)c1. The maximum Gasteiger partial charge on any atom is 0.263 e. The third kappa shape index (κ3) is 3.64. The van der Waals surface area contributed by atoms with Gasteiger partial charge in [-0.15, -0.1) is 22.7 Å². The van der Waals surface area contributed by atoms with E-state index >= 15 is 0 Å². The average molecular weight is 436 g/mol. The van der Waals surface area contributed by atoms with Crippen LogP contribution in [0.1, 0.15) is 0 Å². The van der Waals surface area contributed by atoms with E-state index in [4.69, 9.17) is 23.2 Å². The van der Waals surface area contributed by atoms with Crippen molar-refractivity contribution in [2.24, 2.45) is 0 Å². The molecule has 0 unspecified atom stereocenters. The van der Waals surface area contributed by atoms with Crippen LogP contribution in [0.2, 0.25) is 10.0 Å². The lowest BCUT2D eigenvalue weighted by Gasteiger charge is -2.08. The van der Waals surface area contributed by atoms with Crippen LogP contribution in [0.5, 0.6) is 0 Å². The summed E-state index contributed by atoms with van der Waals surface area (Å²) in [4.78, 5) is 31.2. The van der Waals surface area contributed by atoms with Crippen LogP contribution in [0.3, 0.4) is 0 Å². The summed E-state index contributed by atoms with van der Waals surface area (Å²) in [6.45, 7) is -0.151. The highest BCUT2D eigenvalue weighted by Gasteiger charge is 2.15. The molecule has 0 aliphatic heterocycles. The Balaban J connectivity index is 1.63. The number of thiophene rings is 2. The van der Waals surface area contributed by atoms with Crippen LogP contribution in [-0.4, -0.2) is 15.5 Å². The van der Waals surface area contributed by atoms with Gasteiger partial charge in [-0.05, 0) is 29.6 Å². The number of aromatic nitrogens is 2. The lowest BCUT2D eigenvalue weighted by atomic mass is 10.2. The maximum atomic E-state index is 12.9. The van der Waals surface area contributed by atoms with Gasteiger partial charge in [-0.1, -0.05) is 29.3 Å². The van der Waals surface area contributed by atoms with Crippen LogP contribution in [-0.2, 0) is 11.3 Å². The standard InChI is InChI=1S/C18H11Cl2N3O2S2/c19-12-4-3-10(6-13(12)20)22-15(24)7-23-9-21-17-16(18(23)25)11(8-27-17)14-2-1-5-26-14/h1-6,8-9H,7H2,(H,22,24). The molecule has 0 aliphatic carbocycles. The number of fused-ring (bicyclic) bond motifs is 1. The lowest BCUT2D eigenvalue weighted by molar-refractivity contribution is -0.116. The van der Waals surface area contributed by atoms with Gasteiger partial charge in [0.05, 0.1) is 21.8 Å². The second-order valence-corrected chi connectivity index (χ2v) is 8.28. The quantitative estimate of drug-likeness (QED) is 0.482. The van der Waals surface area contributed by atoms with E-state index in [1.165, 1.54) is 22.2 Å². The van der Waals surface area contributed by atoms with Crippen molar-refractivity contribution < 1.29 is 4.79 Å². The van der Waals surface area contributed by atoms with E-state index in [0.29, 0.717) is 25.9 Å². The highest BCUT2D eigenvalue weighted by molar-refractivity contribution is 7.18. The van der Waals surface area contributed by atoms with Gasteiger partial charge in [0, 0.05) is 21.5 Å². The largest absolute Gasteiger partial charge is 0.324 e. The summed E-state index contributed by atoms with van der Waals surface area (Å²) >= 11 is 14.8. The van der Waals surface area contributed by atoms with Gasteiger partial charge < -0.3 is 5.32 Å². The van der Waals surface area contributed by atoms with E-state index in [9.17, 15) is 9.59 Å². The van der Waals surface area contributed by atoms with E-state index in [0.717, 1.165) is 10.4 Å². The molecular weight excluding hydrogens is 425 g/mol. The first-order chi connectivity index (χ1) is 13.0. The average Bonchev–Trinajstić information content (AvgIpc) is 3.30. The van der Waals surface area contributed by atoms with Gasteiger partial charge in [-0.3, -0.25) is 14.2 Å². The van der Waals surface area contributed by atoms with Gasteiger partial charge >= 0.3 is 0 Å². The number of carbonyl (C=O) groups is 1. The molecule has 4 aromatic rings. The smallest absolute Gasteiger partial charge is 0.263 e. The number of hydrogen-bond donors (Lipinski definition) is 1. The normalized spacial score (nSPS) is 11.0. The molecule has 0 bridgehead atoms. The zero-order valence-corrected chi connectivity index (χ0v) is 16.8. The highest BCUT2D eigenvalue weighted by Crippen LogP contribution is 2.33. The van der Waals surface area contributed by atoms with Crippen molar-refractivity contribution in [2.45, 2.75) is 6.54 Å². The third-order valence-corrected chi connectivity index (χ3v) is 6.39. The Morgan fingerprint density at radius 2 is 2.04 bits per heavy atom. The van der Waals surface area contributed by atoms with Gasteiger partial charge in [0.25, 0.3) is 5.56 Å². The second kappa shape index (κ2) is 7.44. The number of carbonyl (C=O) groups excluding carboxylic acids is 1. The fraction of sp³-hybridized carbons (Fsp3) is 0.0556. The zero-order chi connectivity index (χ0) is 19.0. The molecule has 0 spiro atoms. The van der Waals surface area contributed by atoms with Crippen molar-refractivity contribution in [3.05, 3.63) is 67.8 Å². The highest BCUT2D eigenvalue weighted by atomic mass is 35.5. The predicted octanol–water partition coefficient (Wildman–Crippen LogP) is 5.13. The Bertz CT molecular complexity index is 1200. The third-order valence-electron chi connectivity index (χ3n) is 3.86. The first kappa shape index (κ1) is 18.2. The van der Waals surface area contributed by atoms with Crippen molar-refractivity contribution in [3.8, 4) is 10.4 Å². The zero-order valence-electron chi connectivity index (χ0n) is 13.6. The Hall–Kier alpha value is -2.19. The number of hydrogen-bond acceptors (Lipinski definition) is 5. The predicted molar refractivity (Wildman–Crippen MR) is 112 cm³/mol. The van der Waals surface area contributed by atoms with Crippen LogP contribution in [0.4, 0.5) is 5.69 Å². The van der Waals surface area contributed by atoms with E-state index in [1.807, 2.05) is 22.9 Å². The molecule has 0 radical (unpaired) electrons. The van der Waals surface area contributed by atoms with E-state index in [2.05, 4.69) is 10.3 Å². The molecule has 1 aromatic carbocycles. The molecule has 3 aromatic heterocycles. The summed E-state index contributed by atoms with van der Waals surface area (Å²) in [5, 5.41) is 7.86. The fourth-order valence-electron chi connectivity index (χ4n) is 2.62. The molecule has 0 aliphatic rings. The van der Waals surface area contributed by atoms with Crippen LogP contribution >= 0.6 is 45.9 Å². The number of anilines is 1. The molecule has 1 amide bonds. The summed E-state index contributed by atoms with van der Waals surface area (Å²) in [6, 6.07) is 8.69. The van der Waals surface area contributed by atoms with E-state index in [1.54, 1.807) is 29.5 Å². The Labute approximate surface area is 171 Å². The molecular formula is C18H11Cl2N3O2S2. The van der Waals surface area contributed by atoms with Crippen molar-refractivity contribution in [3.63, 3.8) is 0 Å². The molecule has 1 N–H and O–H groups in total. The molecule has 0 saturated heterocycles. The summed E-state index contributed by atoms with van der Waals surface area (Å²) in [5.41, 5.74) is 1.11. The van der Waals surface area contributed by atoms with Gasteiger partial charge in [-0.25, -0.2) is 4.98 Å². The van der Waals surface area contributed by atoms with Crippen molar-refractivity contribution in [1.29, 1.82) is 0 Å². The van der Waals surface area contributed by atoms with Crippen molar-refractivity contribution in [1.82, 2.24) is 9.55 Å². The monoisotopic (exact) mass is 435 g/mol. The molecule has 136 valence electrons. The summed E-state index contributed by atoms with van der Waals surface area (Å²) in [6.07, 6.45) is 1.40. The molecule has 0 saturated carbocycles. The Morgan fingerprint density at radius 3 is 2.78 bits per heavy atom. The number of rotatable bonds is 4. The molecule has 0 fully saturated rings. The first-order valence-corrected chi connectivity index (χ1v) is 10.3. The fourth-order valence-corrected chi connectivity index (χ4v) is 4.64. The van der Waals surface area contributed by atoms with Crippen molar-refractivity contribution >= 4 is 67.7 Å². The van der Waals surface area contributed by atoms with Crippen LogP contribution < -0.4 is 10.9 Å². The molecule has 4 rings (SSSR count). The summed E-state index contributed by atoms with van der Waals surface area (Å²) in [5.74, 6) is -0.357. The Kier molecular flexibility index (Phi) is 5.01. The second-order valence-electron chi connectivity index (χ2n) is 5.66. The van der Waals surface area contributed by atoms with Crippen LogP contribution in [0.15, 0.2) is 52.2 Å². The first-order valence-electron chi connectivity index (χ1n) is 7.78. The van der Waals surface area contributed by atoms with Crippen LogP contribution in [0.25, 0.3) is 20.7 Å². The van der Waals surface area contributed by atoms with Gasteiger partial charge in [0.2, 0.25) is 5.91 Å². The number of halogens is 2. The summed E-state index contributed by atoms with van der Waals surface area (Å²) in [7, 11) is 0. The van der Waals surface area contributed by atoms with Crippen molar-refractivity contribution in [2.75, 3.05) is 5.32 Å². The minimum absolute atomic E-state index is 0.151. The molecule has 27 heavy (non-hydrogen) atoms. The minimum Gasteiger partial charge on any atom is -0.324 e. The molecule has 3 heterocycles. The number of benzene rings is 1. The van der Waals surface area contributed by atoms with E-state index in [-0.39, 0.29) is 18.0 Å². The van der Waals surface area contributed by atoms with Gasteiger partial charge in [0.1, 0.15) is 11.4 Å². The number of nitrogens with zero attached hydrogens (tertiary/aromatic N) is 2. The summed E-state index contributed by atoms with van der Waals surface area (Å²) < 4.78 is 1.30. The maximum absolute atomic E-state index is 12.9. The molecule has 9 heteroatoms. The minimum atomic E-state index is -0.357. The van der Waals surface area contributed by atoms with Gasteiger partial charge in [0.15, 0.2) is 0 Å². The van der Waals surface area contributed by atoms with E-state index < -0.39 is 0 Å². The Morgan fingerprint density at radius 1 is 1.19 bits per heavy atom. The molecule has 5 nitrogen and oxygen atoms in total. The lowest BCUT2D eigenvalue weighted by Crippen LogP contribution is -2.27. The number of nitrogens with one attached hydrogen (secondary N) is 1. The van der Waals surface area contributed by atoms with Crippen LogP contribution in [0, 0.1) is 0 Å².